The van der Waals surface area contributed by atoms with Crippen molar-refractivity contribution in [2.24, 2.45) is 0 Å². The molecule has 2 heterocycles. The zero-order chi connectivity index (χ0) is 15.1. The minimum Gasteiger partial charge on any atom is -0.376 e. The second-order valence-corrected chi connectivity index (χ2v) is 6.81. The fourth-order valence-corrected chi connectivity index (χ4v) is 2.62. The minimum atomic E-state index is -0.0210. The van der Waals surface area contributed by atoms with Gasteiger partial charge in [0.05, 0.1) is 11.3 Å². The molecule has 0 radical (unpaired) electrons. The second-order valence-electron chi connectivity index (χ2n) is 6.81. The molecule has 118 valence electrons. The molecule has 1 unspecified atom stereocenters. The summed E-state index contributed by atoms with van der Waals surface area (Å²) in [6.45, 7) is 11.4. The van der Waals surface area contributed by atoms with Crippen LogP contribution in [0.1, 0.15) is 39.3 Å². The minimum absolute atomic E-state index is 0.0210. The molecule has 0 saturated carbocycles. The number of hydrogen-bond acceptors (Lipinski definition) is 4. The monoisotopic (exact) mass is 291 g/mol. The zero-order valence-corrected chi connectivity index (χ0v) is 13.6. The van der Waals surface area contributed by atoms with Crippen molar-refractivity contribution in [1.82, 2.24) is 15.2 Å². The highest BCUT2D eigenvalue weighted by Gasteiger charge is 2.21. The summed E-state index contributed by atoms with van der Waals surface area (Å²) >= 11 is 0. The van der Waals surface area contributed by atoms with E-state index in [-0.39, 0.29) is 5.60 Å². The fourth-order valence-electron chi connectivity index (χ4n) is 2.62. The maximum Gasteiger partial charge on any atom is 0.0598 e. The van der Waals surface area contributed by atoms with Gasteiger partial charge in [0.25, 0.3) is 0 Å². The predicted molar refractivity (Wildman–Crippen MR) is 86.2 cm³/mol. The molecule has 1 aliphatic heterocycles. The molecule has 21 heavy (non-hydrogen) atoms. The van der Waals surface area contributed by atoms with Crippen molar-refractivity contribution in [3.05, 3.63) is 30.1 Å². The third kappa shape index (κ3) is 6.55. The molecular formula is C17H29N3O. The third-order valence-electron chi connectivity index (χ3n) is 3.67. The lowest BCUT2D eigenvalue weighted by Crippen LogP contribution is -2.33. The zero-order valence-electron chi connectivity index (χ0n) is 13.6. The van der Waals surface area contributed by atoms with E-state index in [0.29, 0.717) is 6.04 Å². The average Bonchev–Trinajstić information content (AvgIpc) is 2.86. The molecule has 0 aliphatic carbocycles. The van der Waals surface area contributed by atoms with Gasteiger partial charge in [-0.1, -0.05) is 6.07 Å². The Bertz CT molecular complexity index is 402. The second kappa shape index (κ2) is 7.87. The van der Waals surface area contributed by atoms with Gasteiger partial charge in [0.1, 0.15) is 0 Å². The summed E-state index contributed by atoms with van der Waals surface area (Å²) in [4.78, 5) is 6.88. The SMILES string of the molecule is CC(C)(C)OCCCNC1CCN(Cc2ccccn2)C1. The van der Waals surface area contributed by atoms with E-state index in [9.17, 15) is 0 Å². The Hall–Kier alpha value is -0.970. The van der Waals surface area contributed by atoms with Crippen LogP contribution in [0.5, 0.6) is 0 Å². The van der Waals surface area contributed by atoms with Gasteiger partial charge in [0, 0.05) is 38.5 Å². The first kappa shape index (κ1) is 16.4. The Balaban J connectivity index is 1.58. The molecule has 1 fully saturated rings. The van der Waals surface area contributed by atoms with Crippen LogP contribution in [0.3, 0.4) is 0 Å². The van der Waals surface area contributed by atoms with Crippen molar-refractivity contribution in [1.29, 1.82) is 0 Å². The van der Waals surface area contributed by atoms with Crippen molar-refractivity contribution in [3.63, 3.8) is 0 Å². The van der Waals surface area contributed by atoms with Gasteiger partial charge >= 0.3 is 0 Å². The summed E-state index contributed by atoms with van der Waals surface area (Å²) in [5.41, 5.74) is 1.14. The Morgan fingerprint density at radius 1 is 1.38 bits per heavy atom. The Morgan fingerprint density at radius 3 is 2.95 bits per heavy atom. The fraction of sp³-hybridized carbons (Fsp3) is 0.706. The largest absolute Gasteiger partial charge is 0.376 e. The summed E-state index contributed by atoms with van der Waals surface area (Å²) in [5, 5.41) is 3.64. The number of pyridine rings is 1. The summed E-state index contributed by atoms with van der Waals surface area (Å²) in [7, 11) is 0. The molecule has 0 amide bonds. The van der Waals surface area contributed by atoms with Gasteiger partial charge in [-0.25, -0.2) is 0 Å². The number of nitrogens with one attached hydrogen (secondary N) is 1. The predicted octanol–water partition coefficient (Wildman–Crippen LogP) is 2.45. The van der Waals surface area contributed by atoms with E-state index in [1.165, 1.54) is 6.42 Å². The molecule has 1 aromatic rings. The maximum absolute atomic E-state index is 5.74. The van der Waals surface area contributed by atoms with Gasteiger partial charge < -0.3 is 10.1 Å². The van der Waals surface area contributed by atoms with Crippen molar-refractivity contribution < 1.29 is 4.74 Å². The number of hydrogen-bond donors (Lipinski definition) is 1. The number of nitrogens with zero attached hydrogens (tertiary/aromatic N) is 2. The van der Waals surface area contributed by atoms with E-state index >= 15 is 0 Å². The van der Waals surface area contributed by atoms with Gasteiger partial charge in [-0.3, -0.25) is 9.88 Å². The van der Waals surface area contributed by atoms with Crippen molar-refractivity contribution in [2.75, 3.05) is 26.2 Å². The van der Waals surface area contributed by atoms with E-state index in [4.69, 9.17) is 4.74 Å². The first-order chi connectivity index (χ1) is 10.0. The smallest absolute Gasteiger partial charge is 0.0598 e. The van der Waals surface area contributed by atoms with Crippen LogP contribution in [0, 0.1) is 0 Å². The van der Waals surface area contributed by atoms with E-state index in [1.807, 2.05) is 12.3 Å². The molecular weight excluding hydrogens is 262 g/mol. The average molecular weight is 291 g/mol. The standard InChI is InChI=1S/C17H29N3O/c1-17(2,3)21-12-6-10-19-16-8-11-20(14-16)13-15-7-4-5-9-18-15/h4-5,7,9,16,19H,6,8,10-14H2,1-3H3. The highest BCUT2D eigenvalue weighted by atomic mass is 16.5. The van der Waals surface area contributed by atoms with E-state index in [0.717, 1.165) is 44.9 Å². The summed E-state index contributed by atoms with van der Waals surface area (Å²) < 4.78 is 5.74. The first-order valence-corrected chi connectivity index (χ1v) is 8.02. The van der Waals surface area contributed by atoms with Gasteiger partial charge in [0.2, 0.25) is 0 Å². The summed E-state index contributed by atoms with van der Waals surface area (Å²) in [6, 6.07) is 6.74. The van der Waals surface area contributed by atoms with Crippen molar-refractivity contribution in [3.8, 4) is 0 Å². The quantitative estimate of drug-likeness (QED) is 0.783. The molecule has 2 rings (SSSR count). The lowest BCUT2D eigenvalue weighted by molar-refractivity contribution is -0.00393. The van der Waals surface area contributed by atoms with E-state index in [1.54, 1.807) is 0 Å². The molecule has 0 bridgehead atoms. The van der Waals surface area contributed by atoms with Gasteiger partial charge in [-0.2, -0.15) is 0 Å². The molecule has 4 heteroatoms. The van der Waals surface area contributed by atoms with Crippen LogP contribution in [0.4, 0.5) is 0 Å². The highest BCUT2D eigenvalue weighted by molar-refractivity contribution is 5.03. The normalized spacial score (nSPS) is 20.0. The van der Waals surface area contributed by atoms with E-state index < -0.39 is 0 Å². The highest BCUT2D eigenvalue weighted by Crippen LogP contribution is 2.12. The lowest BCUT2D eigenvalue weighted by Gasteiger charge is -2.20. The first-order valence-electron chi connectivity index (χ1n) is 8.02. The van der Waals surface area contributed by atoms with Crippen LogP contribution in [-0.4, -0.2) is 47.8 Å². The van der Waals surface area contributed by atoms with Crippen LogP contribution in [-0.2, 0) is 11.3 Å². The van der Waals surface area contributed by atoms with Gasteiger partial charge in [-0.15, -0.1) is 0 Å². The Kier molecular flexibility index (Phi) is 6.15. The number of aromatic nitrogens is 1. The van der Waals surface area contributed by atoms with Crippen LogP contribution in [0.15, 0.2) is 24.4 Å². The van der Waals surface area contributed by atoms with Crippen LogP contribution < -0.4 is 5.32 Å². The lowest BCUT2D eigenvalue weighted by atomic mass is 10.2. The topological polar surface area (TPSA) is 37.4 Å². The van der Waals surface area contributed by atoms with Crippen LogP contribution in [0.2, 0.25) is 0 Å². The third-order valence-corrected chi connectivity index (χ3v) is 3.67. The maximum atomic E-state index is 5.74. The molecule has 1 aliphatic rings. The number of likely N-dealkylation sites (tertiary alicyclic amines) is 1. The van der Waals surface area contributed by atoms with Crippen molar-refractivity contribution >= 4 is 0 Å². The molecule has 0 spiro atoms. The molecule has 1 saturated heterocycles. The van der Waals surface area contributed by atoms with Crippen LogP contribution in [0.25, 0.3) is 0 Å². The Labute approximate surface area is 128 Å². The summed E-state index contributed by atoms with van der Waals surface area (Å²) in [5.74, 6) is 0. The van der Waals surface area contributed by atoms with E-state index in [2.05, 4.69) is 48.1 Å². The summed E-state index contributed by atoms with van der Waals surface area (Å²) in [6.07, 6.45) is 4.18. The van der Waals surface area contributed by atoms with Crippen molar-refractivity contribution in [2.45, 2.75) is 51.8 Å². The molecule has 0 aromatic carbocycles. The molecule has 4 nitrogen and oxygen atoms in total. The number of ether oxygens (including phenoxy) is 1. The Morgan fingerprint density at radius 2 is 2.24 bits per heavy atom. The van der Waals surface area contributed by atoms with Gasteiger partial charge in [0.15, 0.2) is 0 Å². The molecule has 1 N–H and O–H groups in total. The van der Waals surface area contributed by atoms with Gasteiger partial charge in [-0.05, 0) is 52.3 Å². The van der Waals surface area contributed by atoms with Crippen LogP contribution >= 0.6 is 0 Å². The molecule has 1 atom stereocenters. The molecule has 1 aromatic heterocycles. The number of rotatable bonds is 7.